The van der Waals surface area contributed by atoms with Crippen molar-refractivity contribution in [2.45, 2.75) is 51.0 Å². The molecule has 1 saturated carbocycles. The first-order valence-electron chi connectivity index (χ1n) is 13.7. The number of hydrogen-bond acceptors (Lipinski definition) is 5. The summed E-state index contributed by atoms with van der Waals surface area (Å²) in [5.41, 5.74) is 3.14. The topological polar surface area (TPSA) is 83.5 Å². The van der Waals surface area contributed by atoms with Crippen LogP contribution in [0.3, 0.4) is 0 Å². The number of aromatic nitrogens is 2. The van der Waals surface area contributed by atoms with Crippen molar-refractivity contribution < 1.29 is 14.4 Å². The molecule has 2 aliphatic heterocycles. The Bertz CT molecular complexity index is 1400. The largest absolute Gasteiger partial charge is 0.328 e. The smallest absolute Gasteiger partial charge is 0.254 e. The van der Waals surface area contributed by atoms with Crippen LogP contribution in [0.5, 0.6) is 0 Å². The van der Waals surface area contributed by atoms with Crippen molar-refractivity contribution in [3.05, 3.63) is 88.3 Å². The van der Waals surface area contributed by atoms with Crippen LogP contribution in [0.4, 0.5) is 5.82 Å². The molecule has 1 aromatic carbocycles. The number of nitrogens with zero attached hydrogens (tertiary/aromatic N) is 4. The van der Waals surface area contributed by atoms with Crippen LogP contribution >= 0.6 is 11.6 Å². The van der Waals surface area contributed by atoms with Crippen molar-refractivity contribution >= 4 is 35.0 Å². The van der Waals surface area contributed by atoms with Gasteiger partial charge in [0.2, 0.25) is 5.91 Å². The zero-order valence-electron chi connectivity index (χ0n) is 21.8. The maximum Gasteiger partial charge on any atom is 0.254 e. The Balaban J connectivity index is 1.18. The van der Waals surface area contributed by atoms with Gasteiger partial charge in [-0.3, -0.25) is 24.3 Å². The molecule has 2 aromatic heterocycles. The van der Waals surface area contributed by atoms with Gasteiger partial charge in [-0.15, -0.1) is 0 Å². The maximum absolute atomic E-state index is 13.9. The van der Waals surface area contributed by atoms with Crippen molar-refractivity contribution in [3.63, 3.8) is 0 Å². The number of benzene rings is 1. The molecule has 200 valence electrons. The Labute approximate surface area is 233 Å². The number of carbonyl (C=O) groups excluding carboxylic acids is 3. The van der Waals surface area contributed by atoms with E-state index in [2.05, 4.69) is 9.97 Å². The molecule has 4 heterocycles. The zero-order valence-corrected chi connectivity index (χ0v) is 22.5. The Hall–Kier alpha value is -3.58. The summed E-state index contributed by atoms with van der Waals surface area (Å²) in [4.78, 5) is 53.3. The summed E-state index contributed by atoms with van der Waals surface area (Å²) in [6.07, 6.45) is 8.06. The highest BCUT2D eigenvalue weighted by atomic mass is 35.5. The quantitative estimate of drug-likeness (QED) is 0.466. The summed E-state index contributed by atoms with van der Waals surface area (Å²) in [6.45, 7) is 1.17. The second-order valence-electron chi connectivity index (χ2n) is 10.9. The van der Waals surface area contributed by atoms with E-state index >= 15 is 0 Å². The van der Waals surface area contributed by atoms with Crippen molar-refractivity contribution in [1.82, 2.24) is 14.9 Å². The van der Waals surface area contributed by atoms with E-state index < -0.39 is 6.04 Å². The van der Waals surface area contributed by atoms with E-state index in [1.165, 1.54) is 0 Å². The Kier molecular flexibility index (Phi) is 7.17. The number of Topliss-reactive ketones (excluding diaryl/α,β-unsaturated/α-hetero) is 1. The second-order valence-corrected chi connectivity index (χ2v) is 11.3. The van der Waals surface area contributed by atoms with Gasteiger partial charge in [0.15, 0.2) is 5.78 Å². The fourth-order valence-corrected chi connectivity index (χ4v) is 6.55. The van der Waals surface area contributed by atoms with Crippen molar-refractivity contribution in [3.8, 4) is 0 Å². The molecule has 0 bridgehead atoms. The molecule has 2 amide bonds. The van der Waals surface area contributed by atoms with E-state index in [1.54, 1.807) is 35.5 Å². The third kappa shape index (κ3) is 5.20. The minimum Gasteiger partial charge on any atom is -0.328 e. The highest BCUT2D eigenvalue weighted by Gasteiger charge is 2.39. The monoisotopic (exact) mass is 542 g/mol. The van der Waals surface area contributed by atoms with Crippen LogP contribution in [0.2, 0.25) is 5.02 Å². The van der Waals surface area contributed by atoms with E-state index in [1.807, 2.05) is 35.2 Å². The molecule has 0 saturated heterocycles. The van der Waals surface area contributed by atoms with Gasteiger partial charge < -0.3 is 4.90 Å². The fraction of sp³-hybridized carbons (Fsp3) is 0.387. The Morgan fingerprint density at radius 1 is 0.949 bits per heavy atom. The first-order chi connectivity index (χ1) is 19.0. The van der Waals surface area contributed by atoms with Gasteiger partial charge in [0.05, 0.1) is 6.04 Å². The number of amides is 2. The molecule has 1 fully saturated rings. The number of pyridine rings is 2. The molecule has 0 N–H and O–H groups in total. The third-order valence-electron chi connectivity index (χ3n) is 8.44. The molecular formula is C31H31ClN4O3. The van der Waals surface area contributed by atoms with Gasteiger partial charge in [-0.25, -0.2) is 4.98 Å². The average molecular weight is 543 g/mol. The predicted molar refractivity (Wildman–Crippen MR) is 149 cm³/mol. The Morgan fingerprint density at radius 2 is 1.77 bits per heavy atom. The summed E-state index contributed by atoms with van der Waals surface area (Å²) in [5.74, 6) is 1.00. The standard InChI is InChI=1S/C31H31ClN4O3/c32-24-10-11-26-23(16-24)17-28(37)27(18-25-5-1-2-13-33-25)36(31(26)39)19-20-6-8-22(9-7-20)30(38)35-15-12-21-4-3-14-34-29(21)35/h1-5,10-11,13-14,16,20,22,27H,6-9,12,15,17-19H2/t20?,22?,27-/m1/s1. The van der Waals surface area contributed by atoms with Gasteiger partial charge >= 0.3 is 0 Å². The van der Waals surface area contributed by atoms with Crippen LogP contribution < -0.4 is 4.90 Å². The normalized spacial score (nSPS) is 22.8. The lowest BCUT2D eigenvalue weighted by Crippen LogP contribution is -2.48. The summed E-state index contributed by atoms with van der Waals surface area (Å²) >= 11 is 6.22. The van der Waals surface area contributed by atoms with E-state index in [0.717, 1.165) is 49.2 Å². The lowest BCUT2D eigenvalue weighted by atomic mass is 9.80. The first kappa shape index (κ1) is 25.7. The number of ketones is 1. The molecule has 8 heteroatoms. The van der Waals surface area contributed by atoms with Crippen LogP contribution in [0.25, 0.3) is 0 Å². The Morgan fingerprint density at radius 3 is 2.56 bits per heavy atom. The van der Waals surface area contributed by atoms with E-state index in [4.69, 9.17) is 11.6 Å². The fourth-order valence-electron chi connectivity index (χ4n) is 6.36. The van der Waals surface area contributed by atoms with Gasteiger partial charge in [0, 0.05) is 60.5 Å². The van der Waals surface area contributed by atoms with Crippen molar-refractivity contribution in [2.75, 3.05) is 18.0 Å². The third-order valence-corrected chi connectivity index (χ3v) is 8.68. The lowest BCUT2D eigenvalue weighted by molar-refractivity contribution is -0.123. The first-order valence-corrected chi connectivity index (χ1v) is 14.1. The average Bonchev–Trinajstić information content (AvgIpc) is 3.36. The summed E-state index contributed by atoms with van der Waals surface area (Å²) in [6, 6.07) is 14.2. The number of anilines is 1. The molecule has 0 unspecified atom stereocenters. The van der Waals surface area contributed by atoms with Crippen LogP contribution in [0, 0.1) is 11.8 Å². The van der Waals surface area contributed by atoms with E-state index in [-0.39, 0.29) is 35.9 Å². The van der Waals surface area contributed by atoms with Crippen LogP contribution in [0.15, 0.2) is 60.9 Å². The molecule has 0 spiro atoms. The summed E-state index contributed by atoms with van der Waals surface area (Å²) in [7, 11) is 0. The predicted octanol–water partition coefficient (Wildman–Crippen LogP) is 4.70. The number of halogens is 1. The van der Waals surface area contributed by atoms with E-state index in [0.29, 0.717) is 35.7 Å². The zero-order chi connectivity index (χ0) is 26.9. The van der Waals surface area contributed by atoms with Crippen molar-refractivity contribution in [1.29, 1.82) is 0 Å². The van der Waals surface area contributed by atoms with E-state index in [9.17, 15) is 14.4 Å². The van der Waals surface area contributed by atoms with Crippen LogP contribution in [0.1, 0.15) is 52.9 Å². The molecule has 0 radical (unpaired) electrons. The number of fused-ring (bicyclic) bond motifs is 2. The number of carbonyl (C=O) groups is 3. The summed E-state index contributed by atoms with van der Waals surface area (Å²) in [5, 5.41) is 0.517. The molecule has 3 aromatic rings. The molecule has 1 aliphatic carbocycles. The molecule has 3 aliphatic rings. The molecule has 39 heavy (non-hydrogen) atoms. The molecule has 1 atom stereocenters. The van der Waals surface area contributed by atoms with Crippen molar-refractivity contribution in [2.24, 2.45) is 11.8 Å². The second kappa shape index (κ2) is 10.9. The number of hydrogen-bond donors (Lipinski definition) is 0. The van der Waals surface area contributed by atoms with Gasteiger partial charge in [-0.1, -0.05) is 23.7 Å². The van der Waals surface area contributed by atoms with Gasteiger partial charge in [-0.2, -0.15) is 0 Å². The molecule has 7 nitrogen and oxygen atoms in total. The van der Waals surface area contributed by atoms with Crippen LogP contribution in [-0.4, -0.2) is 51.6 Å². The van der Waals surface area contributed by atoms with Gasteiger partial charge in [0.1, 0.15) is 5.82 Å². The minimum absolute atomic E-state index is 0.000850. The lowest BCUT2D eigenvalue weighted by Gasteiger charge is -2.36. The number of rotatable bonds is 5. The maximum atomic E-state index is 13.9. The van der Waals surface area contributed by atoms with Gasteiger partial charge in [0.25, 0.3) is 5.91 Å². The highest BCUT2D eigenvalue weighted by Crippen LogP contribution is 2.35. The molecular weight excluding hydrogens is 512 g/mol. The summed E-state index contributed by atoms with van der Waals surface area (Å²) < 4.78 is 0. The van der Waals surface area contributed by atoms with Gasteiger partial charge in [-0.05, 0) is 85.5 Å². The van der Waals surface area contributed by atoms with Crippen LogP contribution in [-0.2, 0) is 28.9 Å². The minimum atomic E-state index is -0.592. The highest BCUT2D eigenvalue weighted by molar-refractivity contribution is 6.30. The molecule has 6 rings (SSSR count). The SMILES string of the molecule is O=C1Cc2cc(Cl)ccc2C(=O)N(CC2CCC(C(=O)N3CCc4cccnc43)CC2)[C@@H]1Cc1ccccn1.